The summed E-state index contributed by atoms with van der Waals surface area (Å²) >= 11 is 0. The first kappa shape index (κ1) is 20.1. The predicted molar refractivity (Wildman–Crippen MR) is 91.3 cm³/mol. The highest BCUT2D eigenvalue weighted by Crippen LogP contribution is 2.25. The van der Waals surface area contributed by atoms with E-state index in [4.69, 9.17) is 5.14 Å². The molecule has 0 saturated heterocycles. The van der Waals surface area contributed by atoms with Crippen molar-refractivity contribution in [2.45, 2.75) is 22.9 Å². The van der Waals surface area contributed by atoms with Crippen molar-refractivity contribution in [3.8, 4) is 5.75 Å². The number of anilines is 1. The molecule has 26 heavy (non-hydrogen) atoms. The number of hydrogen-bond acceptors (Lipinski definition) is 6. The molecule has 0 atom stereocenters. The fourth-order valence-electron chi connectivity index (χ4n) is 2.16. The van der Waals surface area contributed by atoms with Crippen LogP contribution in [0.5, 0.6) is 5.75 Å². The van der Waals surface area contributed by atoms with Gasteiger partial charge in [0.05, 0.1) is 15.5 Å². The Bertz CT molecular complexity index is 1010. The zero-order chi connectivity index (χ0) is 19.5. The van der Waals surface area contributed by atoms with Crippen LogP contribution in [0.1, 0.15) is 5.56 Å². The van der Waals surface area contributed by atoms with Crippen molar-refractivity contribution < 1.29 is 30.4 Å². The number of hydrogen-bond donors (Lipinski definition) is 2. The molecule has 0 aliphatic rings. The van der Waals surface area contributed by atoms with Crippen LogP contribution in [0.4, 0.5) is 14.5 Å². The molecule has 0 aliphatic heterocycles. The smallest absolute Gasteiger partial charge is 0.387 e. The Hall–Kier alpha value is -2.24. The van der Waals surface area contributed by atoms with E-state index in [1.165, 1.54) is 30.3 Å². The molecule has 2 rings (SSSR count). The van der Waals surface area contributed by atoms with Crippen LogP contribution in [0.2, 0.25) is 0 Å². The van der Waals surface area contributed by atoms with Gasteiger partial charge in [0.15, 0.2) is 9.84 Å². The van der Waals surface area contributed by atoms with Gasteiger partial charge in [-0.2, -0.15) is 8.78 Å². The summed E-state index contributed by atoms with van der Waals surface area (Å²) in [6, 6.07) is 9.28. The first-order valence-corrected chi connectivity index (χ1v) is 10.5. The normalized spacial score (nSPS) is 12.2. The van der Waals surface area contributed by atoms with Gasteiger partial charge in [-0.1, -0.05) is 12.1 Å². The minimum absolute atomic E-state index is 0.0350. The standard InChI is InChI=1S/C15H16F2N2O5S2/c1-25(20,21)14-8-12(26(18,22)23)5-6-13(14)19-9-10-3-2-4-11(7-10)24-15(16)17/h2-8,15,19H,9H2,1H3,(H2,18,22,23). The number of halogens is 2. The molecular weight excluding hydrogens is 390 g/mol. The van der Waals surface area contributed by atoms with Gasteiger partial charge in [-0.15, -0.1) is 0 Å². The molecule has 0 saturated carbocycles. The second-order valence-corrected chi connectivity index (χ2v) is 8.90. The molecule has 2 aromatic carbocycles. The summed E-state index contributed by atoms with van der Waals surface area (Å²) in [5.74, 6) is -0.0350. The van der Waals surface area contributed by atoms with Crippen LogP contribution in [-0.2, 0) is 26.4 Å². The van der Waals surface area contributed by atoms with Gasteiger partial charge < -0.3 is 10.1 Å². The van der Waals surface area contributed by atoms with Crippen molar-refractivity contribution in [2.24, 2.45) is 5.14 Å². The summed E-state index contributed by atoms with van der Waals surface area (Å²) in [5, 5.41) is 7.86. The molecule has 0 unspecified atom stereocenters. The summed E-state index contributed by atoms with van der Waals surface area (Å²) in [6.07, 6.45) is 0.928. The van der Waals surface area contributed by atoms with Gasteiger partial charge in [-0.3, -0.25) is 0 Å². The number of nitrogens with two attached hydrogens (primary N) is 1. The van der Waals surface area contributed by atoms with E-state index in [1.807, 2.05) is 0 Å². The Morgan fingerprint density at radius 1 is 1.12 bits per heavy atom. The van der Waals surface area contributed by atoms with E-state index < -0.39 is 26.5 Å². The molecular formula is C15H16F2N2O5S2. The van der Waals surface area contributed by atoms with Gasteiger partial charge in [0.2, 0.25) is 10.0 Å². The fraction of sp³-hybridized carbons (Fsp3) is 0.200. The highest BCUT2D eigenvalue weighted by Gasteiger charge is 2.18. The molecule has 0 fully saturated rings. The Morgan fingerprint density at radius 2 is 1.81 bits per heavy atom. The van der Waals surface area contributed by atoms with Crippen LogP contribution >= 0.6 is 0 Å². The second kappa shape index (κ2) is 7.56. The van der Waals surface area contributed by atoms with Gasteiger partial charge in [-0.05, 0) is 35.9 Å². The number of primary sulfonamides is 1. The van der Waals surface area contributed by atoms with Gasteiger partial charge in [-0.25, -0.2) is 22.0 Å². The lowest BCUT2D eigenvalue weighted by molar-refractivity contribution is -0.0498. The molecule has 0 spiro atoms. The maximum atomic E-state index is 12.3. The average Bonchev–Trinajstić information content (AvgIpc) is 2.50. The SMILES string of the molecule is CS(=O)(=O)c1cc(S(N)(=O)=O)ccc1NCc1cccc(OC(F)F)c1. The van der Waals surface area contributed by atoms with Crippen molar-refractivity contribution in [3.63, 3.8) is 0 Å². The van der Waals surface area contributed by atoms with Gasteiger partial charge in [0, 0.05) is 12.8 Å². The quantitative estimate of drug-likeness (QED) is 0.726. The molecule has 11 heteroatoms. The van der Waals surface area contributed by atoms with Gasteiger partial charge in [0.1, 0.15) is 5.75 Å². The summed E-state index contributed by atoms with van der Waals surface area (Å²) in [5.41, 5.74) is 0.707. The van der Waals surface area contributed by atoms with Crippen LogP contribution in [-0.4, -0.2) is 29.7 Å². The topological polar surface area (TPSA) is 116 Å². The Labute approximate surface area is 149 Å². The fourth-order valence-corrected chi connectivity index (χ4v) is 3.66. The average molecular weight is 406 g/mol. The summed E-state index contributed by atoms with van der Waals surface area (Å²) in [7, 11) is -7.82. The highest BCUT2D eigenvalue weighted by molar-refractivity contribution is 7.91. The third kappa shape index (κ3) is 5.38. The van der Waals surface area contributed by atoms with Crippen LogP contribution < -0.4 is 15.2 Å². The number of sulfone groups is 1. The minimum Gasteiger partial charge on any atom is -0.435 e. The molecule has 3 N–H and O–H groups in total. The maximum absolute atomic E-state index is 12.3. The summed E-state index contributed by atoms with van der Waals surface area (Å²) in [4.78, 5) is -0.584. The van der Waals surface area contributed by atoms with Crippen LogP contribution in [0, 0.1) is 0 Å². The van der Waals surface area contributed by atoms with Crippen molar-refractivity contribution >= 4 is 25.5 Å². The summed E-state index contributed by atoms with van der Waals surface area (Å²) in [6.45, 7) is -2.86. The molecule has 142 valence electrons. The van der Waals surface area contributed by atoms with E-state index in [-0.39, 0.29) is 27.8 Å². The number of nitrogens with one attached hydrogen (secondary N) is 1. The Kier molecular flexibility index (Phi) is 5.84. The molecule has 7 nitrogen and oxygen atoms in total. The molecule has 0 aliphatic carbocycles. The second-order valence-electron chi connectivity index (χ2n) is 5.35. The van der Waals surface area contributed by atoms with Crippen molar-refractivity contribution in [2.75, 3.05) is 11.6 Å². The Balaban J connectivity index is 2.30. The third-order valence-electron chi connectivity index (χ3n) is 3.29. The molecule has 0 bridgehead atoms. The van der Waals surface area contributed by atoms with E-state index >= 15 is 0 Å². The van der Waals surface area contributed by atoms with E-state index in [1.54, 1.807) is 6.07 Å². The molecule has 0 aromatic heterocycles. The lowest BCUT2D eigenvalue weighted by Gasteiger charge is -2.13. The van der Waals surface area contributed by atoms with Crippen LogP contribution in [0.3, 0.4) is 0 Å². The van der Waals surface area contributed by atoms with Crippen molar-refractivity contribution in [1.29, 1.82) is 0 Å². The minimum atomic E-state index is -4.07. The van der Waals surface area contributed by atoms with Crippen molar-refractivity contribution in [3.05, 3.63) is 48.0 Å². The van der Waals surface area contributed by atoms with E-state index in [0.717, 1.165) is 12.3 Å². The summed E-state index contributed by atoms with van der Waals surface area (Å²) < 4.78 is 75.5. The number of alkyl halides is 2. The number of rotatable bonds is 7. The lowest BCUT2D eigenvalue weighted by Crippen LogP contribution is -2.14. The van der Waals surface area contributed by atoms with Gasteiger partial charge >= 0.3 is 6.61 Å². The first-order chi connectivity index (χ1) is 12.0. The number of benzene rings is 2. The number of sulfonamides is 1. The van der Waals surface area contributed by atoms with E-state index in [0.29, 0.717) is 5.56 Å². The Morgan fingerprint density at radius 3 is 2.38 bits per heavy atom. The molecule has 2 aromatic rings. The largest absolute Gasteiger partial charge is 0.435 e. The molecule has 0 radical (unpaired) electrons. The van der Waals surface area contributed by atoms with E-state index in [2.05, 4.69) is 10.1 Å². The zero-order valence-electron chi connectivity index (χ0n) is 13.5. The zero-order valence-corrected chi connectivity index (χ0v) is 15.1. The maximum Gasteiger partial charge on any atom is 0.387 e. The van der Waals surface area contributed by atoms with E-state index in [9.17, 15) is 25.6 Å². The van der Waals surface area contributed by atoms with Crippen LogP contribution in [0.25, 0.3) is 0 Å². The first-order valence-electron chi connectivity index (χ1n) is 7.11. The van der Waals surface area contributed by atoms with Gasteiger partial charge in [0.25, 0.3) is 0 Å². The monoisotopic (exact) mass is 406 g/mol. The van der Waals surface area contributed by atoms with Crippen molar-refractivity contribution in [1.82, 2.24) is 0 Å². The molecule has 0 amide bonds. The lowest BCUT2D eigenvalue weighted by atomic mass is 10.2. The number of ether oxygens (including phenoxy) is 1. The van der Waals surface area contributed by atoms with Crippen LogP contribution in [0.15, 0.2) is 52.3 Å². The highest BCUT2D eigenvalue weighted by atomic mass is 32.2. The predicted octanol–water partition coefficient (Wildman–Crippen LogP) is 1.95. The third-order valence-corrected chi connectivity index (χ3v) is 5.34. The molecule has 0 heterocycles.